The number of ether oxygens (including phenoxy) is 1. The van der Waals surface area contributed by atoms with E-state index in [9.17, 15) is 0 Å². The van der Waals surface area contributed by atoms with Gasteiger partial charge in [-0.3, -0.25) is 9.88 Å². The Morgan fingerprint density at radius 2 is 2.00 bits per heavy atom. The van der Waals surface area contributed by atoms with Crippen molar-refractivity contribution in [1.29, 1.82) is 0 Å². The predicted molar refractivity (Wildman–Crippen MR) is 72.2 cm³/mol. The molecule has 2 heterocycles. The first-order valence-corrected chi connectivity index (χ1v) is 6.81. The lowest BCUT2D eigenvalue weighted by atomic mass is 10.1. The van der Waals surface area contributed by atoms with E-state index in [0.29, 0.717) is 6.10 Å². The van der Waals surface area contributed by atoms with Crippen LogP contribution in [0.5, 0.6) is 0 Å². The van der Waals surface area contributed by atoms with Crippen LogP contribution in [0.25, 0.3) is 0 Å². The summed E-state index contributed by atoms with van der Waals surface area (Å²) in [5, 5.41) is 0. The Morgan fingerprint density at radius 3 is 2.67 bits per heavy atom. The molecule has 0 aliphatic carbocycles. The number of hydrogen-bond donors (Lipinski definition) is 1. The van der Waals surface area contributed by atoms with Gasteiger partial charge in [-0.1, -0.05) is 0 Å². The molecule has 1 saturated heterocycles. The summed E-state index contributed by atoms with van der Waals surface area (Å²) in [6.07, 6.45) is 7.39. The van der Waals surface area contributed by atoms with Crippen molar-refractivity contribution in [2.75, 3.05) is 26.2 Å². The zero-order valence-corrected chi connectivity index (χ0v) is 10.9. The Hall–Kier alpha value is -0.970. The molecule has 1 aromatic rings. The fourth-order valence-electron chi connectivity index (χ4n) is 2.31. The molecule has 0 spiro atoms. The SMILES string of the molecule is NCCCOC1CCN(Cc2ccncc2)CC1. The molecule has 0 bridgehead atoms. The van der Waals surface area contributed by atoms with E-state index >= 15 is 0 Å². The number of rotatable bonds is 6. The van der Waals surface area contributed by atoms with Crippen LogP contribution in [0.1, 0.15) is 24.8 Å². The minimum absolute atomic E-state index is 0.435. The van der Waals surface area contributed by atoms with Crippen molar-refractivity contribution in [2.45, 2.75) is 31.9 Å². The van der Waals surface area contributed by atoms with Crippen LogP contribution in [0.3, 0.4) is 0 Å². The van der Waals surface area contributed by atoms with E-state index in [1.807, 2.05) is 12.4 Å². The third-order valence-electron chi connectivity index (χ3n) is 3.39. The minimum Gasteiger partial charge on any atom is -0.378 e. The van der Waals surface area contributed by atoms with E-state index in [1.165, 1.54) is 5.56 Å². The van der Waals surface area contributed by atoms with E-state index in [-0.39, 0.29) is 0 Å². The number of piperidine rings is 1. The van der Waals surface area contributed by atoms with Gasteiger partial charge in [0.1, 0.15) is 0 Å². The summed E-state index contributed by atoms with van der Waals surface area (Å²) >= 11 is 0. The van der Waals surface area contributed by atoms with Gasteiger partial charge < -0.3 is 10.5 Å². The molecule has 0 saturated carbocycles. The van der Waals surface area contributed by atoms with Crippen LogP contribution in [0.15, 0.2) is 24.5 Å². The van der Waals surface area contributed by atoms with Gasteiger partial charge in [0.2, 0.25) is 0 Å². The third-order valence-corrected chi connectivity index (χ3v) is 3.39. The molecule has 4 nitrogen and oxygen atoms in total. The fourth-order valence-corrected chi connectivity index (χ4v) is 2.31. The van der Waals surface area contributed by atoms with Crippen molar-refractivity contribution < 1.29 is 4.74 Å². The van der Waals surface area contributed by atoms with E-state index in [2.05, 4.69) is 22.0 Å². The Bertz CT molecular complexity index is 323. The smallest absolute Gasteiger partial charge is 0.0599 e. The number of pyridine rings is 1. The normalized spacial score (nSPS) is 18.1. The van der Waals surface area contributed by atoms with Crippen molar-refractivity contribution in [1.82, 2.24) is 9.88 Å². The van der Waals surface area contributed by atoms with Crippen molar-refractivity contribution >= 4 is 0 Å². The molecule has 0 aromatic carbocycles. The molecule has 0 radical (unpaired) electrons. The van der Waals surface area contributed by atoms with Crippen LogP contribution in [-0.4, -0.2) is 42.2 Å². The number of hydrogen-bond acceptors (Lipinski definition) is 4. The van der Waals surface area contributed by atoms with Crippen LogP contribution >= 0.6 is 0 Å². The fraction of sp³-hybridized carbons (Fsp3) is 0.643. The monoisotopic (exact) mass is 249 g/mol. The molecule has 0 atom stereocenters. The zero-order chi connectivity index (χ0) is 12.6. The first-order chi connectivity index (χ1) is 8.88. The van der Waals surface area contributed by atoms with E-state index in [4.69, 9.17) is 10.5 Å². The van der Waals surface area contributed by atoms with Gasteiger partial charge in [-0.15, -0.1) is 0 Å². The maximum absolute atomic E-state index is 5.81. The molecule has 2 N–H and O–H groups in total. The standard InChI is InChI=1S/C14H23N3O/c15-6-1-11-18-14-4-9-17(10-5-14)12-13-2-7-16-8-3-13/h2-3,7-8,14H,1,4-6,9-12,15H2. The maximum atomic E-state index is 5.81. The second-order valence-electron chi connectivity index (χ2n) is 4.84. The first-order valence-electron chi connectivity index (χ1n) is 6.81. The first kappa shape index (κ1) is 13.5. The molecule has 18 heavy (non-hydrogen) atoms. The van der Waals surface area contributed by atoms with Crippen LogP contribution in [-0.2, 0) is 11.3 Å². The summed E-state index contributed by atoms with van der Waals surface area (Å²) in [4.78, 5) is 6.53. The summed E-state index contributed by atoms with van der Waals surface area (Å²) in [6.45, 7) is 4.80. The topological polar surface area (TPSA) is 51.4 Å². The van der Waals surface area contributed by atoms with Crippen LogP contribution in [0.4, 0.5) is 0 Å². The highest BCUT2D eigenvalue weighted by molar-refractivity contribution is 5.09. The van der Waals surface area contributed by atoms with Crippen molar-refractivity contribution in [3.05, 3.63) is 30.1 Å². The molecular weight excluding hydrogens is 226 g/mol. The summed E-state index contributed by atoms with van der Waals surface area (Å²) in [5.41, 5.74) is 6.80. The van der Waals surface area contributed by atoms with Gasteiger partial charge in [0.25, 0.3) is 0 Å². The summed E-state index contributed by atoms with van der Waals surface area (Å²) in [6, 6.07) is 4.17. The summed E-state index contributed by atoms with van der Waals surface area (Å²) < 4.78 is 5.81. The molecule has 0 unspecified atom stereocenters. The molecule has 4 heteroatoms. The molecule has 1 aliphatic rings. The highest BCUT2D eigenvalue weighted by atomic mass is 16.5. The lowest BCUT2D eigenvalue weighted by Crippen LogP contribution is -2.36. The molecule has 100 valence electrons. The molecule has 1 aromatic heterocycles. The van der Waals surface area contributed by atoms with Gasteiger partial charge in [0.15, 0.2) is 0 Å². The Morgan fingerprint density at radius 1 is 1.28 bits per heavy atom. The predicted octanol–water partition coefficient (Wildman–Crippen LogP) is 1.41. The molecule has 2 rings (SSSR count). The highest BCUT2D eigenvalue weighted by Gasteiger charge is 2.19. The lowest BCUT2D eigenvalue weighted by Gasteiger charge is -2.31. The third kappa shape index (κ3) is 4.37. The quantitative estimate of drug-likeness (QED) is 0.775. The Balaban J connectivity index is 1.67. The molecule has 1 aliphatic heterocycles. The van der Waals surface area contributed by atoms with Crippen LogP contribution in [0, 0.1) is 0 Å². The van der Waals surface area contributed by atoms with E-state index < -0.39 is 0 Å². The Kier molecular flexibility index (Phi) is 5.58. The number of nitrogens with two attached hydrogens (primary N) is 1. The van der Waals surface area contributed by atoms with Gasteiger partial charge in [0.05, 0.1) is 6.10 Å². The molecule has 1 fully saturated rings. The lowest BCUT2D eigenvalue weighted by molar-refractivity contribution is 0.00563. The minimum atomic E-state index is 0.435. The number of nitrogens with zero attached hydrogens (tertiary/aromatic N) is 2. The van der Waals surface area contributed by atoms with E-state index in [0.717, 1.165) is 52.0 Å². The van der Waals surface area contributed by atoms with Crippen LogP contribution < -0.4 is 5.73 Å². The molecular formula is C14H23N3O. The number of aromatic nitrogens is 1. The van der Waals surface area contributed by atoms with Crippen molar-refractivity contribution in [3.63, 3.8) is 0 Å². The average Bonchev–Trinajstić information content (AvgIpc) is 2.42. The van der Waals surface area contributed by atoms with Crippen molar-refractivity contribution in [3.8, 4) is 0 Å². The molecule has 0 amide bonds. The Labute approximate surface area is 109 Å². The maximum Gasteiger partial charge on any atom is 0.0599 e. The van der Waals surface area contributed by atoms with Gasteiger partial charge in [-0.2, -0.15) is 0 Å². The number of likely N-dealkylation sites (tertiary alicyclic amines) is 1. The van der Waals surface area contributed by atoms with Gasteiger partial charge >= 0.3 is 0 Å². The highest BCUT2D eigenvalue weighted by Crippen LogP contribution is 2.16. The van der Waals surface area contributed by atoms with Crippen molar-refractivity contribution in [2.24, 2.45) is 5.73 Å². The van der Waals surface area contributed by atoms with Gasteiger partial charge in [-0.05, 0) is 43.5 Å². The van der Waals surface area contributed by atoms with E-state index in [1.54, 1.807) is 0 Å². The zero-order valence-electron chi connectivity index (χ0n) is 10.9. The average molecular weight is 249 g/mol. The van der Waals surface area contributed by atoms with Gasteiger partial charge in [0, 0.05) is 38.6 Å². The summed E-state index contributed by atoms with van der Waals surface area (Å²) in [5.74, 6) is 0. The second-order valence-corrected chi connectivity index (χ2v) is 4.84. The largest absolute Gasteiger partial charge is 0.378 e. The second kappa shape index (κ2) is 7.46. The van der Waals surface area contributed by atoms with Crippen LogP contribution in [0.2, 0.25) is 0 Å². The van der Waals surface area contributed by atoms with Gasteiger partial charge in [-0.25, -0.2) is 0 Å². The summed E-state index contributed by atoms with van der Waals surface area (Å²) in [7, 11) is 0.